The fourth-order valence-corrected chi connectivity index (χ4v) is 2.11. The van der Waals surface area contributed by atoms with Crippen molar-refractivity contribution in [2.24, 2.45) is 0 Å². The average molecular weight is 265 g/mol. The van der Waals surface area contributed by atoms with E-state index >= 15 is 0 Å². The number of hydrogen-bond acceptors (Lipinski definition) is 3. The van der Waals surface area contributed by atoms with Crippen LogP contribution in [0.25, 0.3) is 0 Å². The largest absolute Gasteiger partial charge is 0.478 e. The molecule has 2 N–H and O–H groups in total. The number of rotatable bonds is 8. The van der Waals surface area contributed by atoms with Crippen LogP contribution in [0.4, 0.5) is 0 Å². The molecule has 106 valence electrons. The van der Waals surface area contributed by atoms with E-state index < -0.39 is 5.97 Å². The molecule has 0 bridgehead atoms. The Morgan fingerprint density at radius 3 is 2.58 bits per heavy atom. The number of aromatic carboxylic acids is 1. The zero-order valence-corrected chi connectivity index (χ0v) is 11.9. The minimum atomic E-state index is -0.893. The molecule has 0 unspecified atom stereocenters. The third-order valence-electron chi connectivity index (χ3n) is 3.67. The SMILES string of the molecule is CCC(CC)(CNCc1cccc(C(=O)O)c1)OC. The van der Waals surface area contributed by atoms with Crippen molar-refractivity contribution >= 4 is 5.97 Å². The maximum absolute atomic E-state index is 10.9. The lowest BCUT2D eigenvalue weighted by atomic mass is 9.97. The van der Waals surface area contributed by atoms with Gasteiger partial charge in [0.2, 0.25) is 0 Å². The van der Waals surface area contributed by atoms with E-state index in [1.807, 2.05) is 6.07 Å². The second-order valence-electron chi connectivity index (χ2n) is 4.70. The van der Waals surface area contributed by atoms with Crippen LogP contribution in [-0.2, 0) is 11.3 Å². The predicted octanol–water partition coefficient (Wildman–Crippen LogP) is 2.68. The summed E-state index contributed by atoms with van der Waals surface area (Å²) in [5.41, 5.74) is 1.16. The molecule has 19 heavy (non-hydrogen) atoms. The highest BCUT2D eigenvalue weighted by atomic mass is 16.5. The second-order valence-corrected chi connectivity index (χ2v) is 4.70. The Morgan fingerprint density at radius 1 is 1.37 bits per heavy atom. The maximum Gasteiger partial charge on any atom is 0.335 e. The first-order valence-electron chi connectivity index (χ1n) is 6.65. The Balaban J connectivity index is 2.57. The van der Waals surface area contributed by atoms with Crippen molar-refractivity contribution in [1.82, 2.24) is 5.32 Å². The van der Waals surface area contributed by atoms with E-state index in [4.69, 9.17) is 9.84 Å². The number of benzene rings is 1. The van der Waals surface area contributed by atoms with E-state index in [2.05, 4.69) is 19.2 Å². The summed E-state index contributed by atoms with van der Waals surface area (Å²) in [4.78, 5) is 10.9. The Hall–Kier alpha value is -1.39. The highest BCUT2D eigenvalue weighted by molar-refractivity contribution is 5.87. The summed E-state index contributed by atoms with van der Waals surface area (Å²) in [5, 5.41) is 12.3. The van der Waals surface area contributed by atoms with Gasteiger partial charge in [0.1, 0.15) is 0 Å². The van der Waals surface area contributed by atoms with E-state index in [0.717, 1.165) is 24.9 Å². The lowest BCUT2D eigenvalue weighted by Gasteiger charge is -2.30. The average Bonchev–Trinajstić information content (AvgIpc) is 2.44. The third-order valence-corrected chi connectivity index (χ3v) is 3.67. The topological polar surface area (TPSA) is 58.6 Å². The number of carbonyl (C=O) groups is 1. The summed E-state index contributed by atoms with van der Waals surface area (Å²) in [6.45, 7) is 5.62. The van der Waals surface area contributed by atoms with E-state index in [1.165, 1.54) is 0 Å². The number of hydrogen-bond donors (Lipinski definition) is 2. The van der Waals surface area contributed by atoms with Gasteiger partial charge in [-0.2, -0.15) is 0 Å². The fraction of sp³-hybridized carbons (Fsp3) is 0.533. The molecule has 0 aliphatic rings. The van der Waals surface area contributed by atoms with Crippen LogP contribution in [0.15, 0.2) is 24.3 Å². The first-order chi connectivity index (χ1) is 9.06. The van der Waals surface area contributed by atoms with E-state index in [9.17, 15) is 4.79 Å². The lowest BCUT2D eigenvalue weighted by Crippen LogP contribution is -2.41. The molecular formula is C15H23NO3. The van der Waals surface area contributed by atoms with Crippen LogP contribution in [0.2, 0.25) is 0 Å². The van der Waals surface area contributed by atoms with Crippen molar-refractivity contribution in [3.8, 4) is 0 Å². The number of methoxy groups -OCH3 is 1. The van der Waals surface area contributed by atoms with E-state index in [0.29, 0.717) is 12.1 Å². The summed E-state index contributed by atoms with van der Waals surface area (Å²) in [6.07, 6.45) is 1.89. The van der Waals surface area contributed by atoms with Gasteiger partial charge in [-0.1, -0.05) is 26.0 Å². The summed E-state index contributed by atoms with van der Waals surface area (Å²) >= 11 is 0. The Bertz CT molecular complexity index is 405. The normalized spacial score (nSPS) is 11.5. The molecule has 4 nitrogen and oxygen atoms in total. The van der Waals surface area contributed by atoms with Gasteiger partial charge in [0.05, 0.1) is 11.2 Å². The number of ether oxygens (including phenoxy) is 1. The molecule has 0 aliphatic carbocycles. The van der Waals surface area contributed by atoms with Crippen LogP contribution in [0.5, 0.6) is 0 Å². The quantitative estimate of drug-likeness (QED) is 0.758. The minimum Gasteiger partial charge on any atom is -0.478 e. The van der Waals surface area contributed by atoms with Crippen molar-refractivity contribution in [1.29, 1.82) is 0 Å². The first-order valence-corrected chi connectivity index (χ1v) is 6.65. The molecular weight excluding hydrogens is 242 g/mol. The second kappa shape index (κ2) is 7.26. The molecule has 0 radical (unpaired) electrons. The molecule has 0 aliphatic heterocycles. The Morgan fingerprint density at radius 2 is 2.05 bits per heavy atom. The van der Waals surface area contributed by atoms with Crippen molar-refractivity contribution < 1.29 is 14.6 Å². The summed E-state index contributed by atoms with van der Waals surface area (Å²) in [6, 6.07) is 6.99. The molecule has 1 aromatic rings. The maximum atomic E-state index is 10.9. The monoisotopic (exact) mass is 265 g/mol. The molecule has 1 rings (SSSR count). The summed E-state index contributed by atoms with van der Waals surface area (Å²) in [7, 11) is 1.74. The van der Waals surface area contributed by atoms with Crippen molar-refractivity contribution in [3.63, 3.8) is 0 Å². The molecule has 0 heterocycles. The van der Waals surface area contributed by atoms with Crippen LogP contribution in [0, 0.1) is 0 Å². The fourth-order valence-electron chi connectivity index (χ4n) is 2.11. The van der Waals surface area contributed by atoms with Gasteiger partial charge in [-0.05, 0) is 30.5 Å². The number of nitrogens with one attached hydrogen (secondary N) is 1. The Labute approximate surface area is 114 Å². The van der Waals surface area contributed by atoms with Gasteiger partial charge in [-0.25, -0.2) is 4.79 Å². The van der Waals surface area contributed by atoms with Crippen molar-refractivity contribution in [3.05, 3.63) is 35.4 Å². The van der Waals surface area contributed by atoms with Crippen LogP contribution >= 0.6 is 0 Å². The van der Waals surface area contributed by atoms with E-state index in [1.54, 1.807) is 25.3 Å². The molecule has 1 aromatic carbocycles. The van der Waals surface area contributed by atoms with Crippen molar-refractivity contribution in [2.75, 3.05) is 13.7 Å². The van der Waals surface area contributed by atoms with E-state index in [-0.39, 0.29) is 5.60 Å². The smallest absolute Gasteiger partial charge is 0.335 e. The number of carboxylic acid groups (broad SMARTS) is 1. The first kappa shape index (κ1) is 15.7. The van der Waals surface area contributed by atoms with Gasteiger partial charge in [-0.3, -0.25) is 0 Å². The van der Waals surface area contributed by atoms with Gasteiger partial charge < -0.3 is 15.2 Å². The van der Waals surface area contributed by atoms with Crippen LogP contribution < -0.4 is 5.32 Å². The molecule has 0 aromatic heterocycles. The van der Waals surface area contributed by atoms with Gasteiger partial charge in [0.25, 0.3) is 0 Å². The molecule has 0 saturated heterocycles. The summed E-state index contributed by atoms with van der Waals surface area (Å²) in [5.74, 6) is -0.893. The predicted molar refractivity (Wildman–Crippen MR) is 75.4 cm³/mol. The zero-order chi connectivity index (χ0) is 14.3. The van der Waals surface area contributed by atoms with Gasteiger partial charge >= 0.3 is 5.97 Å². The number of carboxylic acids is 1. The Kier molecular flexibility index (Phi) is 5.99. The summed E-state index contributed by atoms with van der Waals surface area (Å²) < 4.78 is 5.58. The van der Waals surface area contributed by atoms with Gasteiger partial charge in [0, 0.05) is 20.2 Å². The van der Waals surface area contributed by atoms with Crippen LogP contribution in [0.1, 0.15) is 42.6 Å². The molecule has 0 fully saturated rings. The van der Waals surface area contributed by atoms with Crippen LogP contribution in [-0.4, -0.2) is 30.3 Å². The lowest BCUT2D eigenvalue weighted by molar-refractivity contribution is -0.0158. The molecule has 4 heteroatoms. The minimum absolute atomic E-state index is 0.135. The highest BCUT2D eigenvalue weighted by Gasteiger charge is 2.24. The van der Waals surface area contributed by atoms with Crippen LogP contribution in [0.3, 0.4) is 0 Å². The molecule has 0 atom stereocenters. The molecule has 0 amide bonds. The molecule has 0 saturated carbocycles. The standard InChI is InChI=1S/C15H23NO3/c1-4-15(5-2,19-3)11-16-10-12-7-6-8-13(9-12)14(17)18/h6-9,16H,4-5,10-11H2,1-3H3,(H,17,18). The highest BCUT2D eigenvalue weighted by Crippen LogP contribution is 2.18. The zero-order valence-electron chi connectivity index (χ0n) is 11.9. The third kappa shape index (κ3) is 4.33. The van der Waals surface area contributed by atoms with Gasteiger partial charge in [-0.15, -0.1) is 0 Å². The van der Waals surface area contributed by atoms with Gasteiger partial charge in [0.15, 0.2) is 0 Å². The molecule has 0 spiro atoms. The van der Waals surface area contributed by atoms with Crippen molar-refractivity contribution in [2.45, 2.75) is 38.8 Å².